The lowest BCUT2D eigenvalue weighted by atomic mass is 9.82. The minimum Gasteiger partial charge on any atom is -0.350 e. The second-order valence-corrected chi connectivity index (χ2v) is 8.45. The Labute approximate surface area is 185 Å². The zero-order valence-electron chi connectivity index (χ0n) is 18.0. The molecule has 1 atom stereocenters. The highest BCUT2D eigenvalue weighted by Crippen LogP contribution is 2.33. The number of hydrogen-bond donors (Lipinski definition) is 1. The number of amides is 2. The first kappa shape index (κ1) is 21.7. The summed E-state index contributed by atoms with van der Waals surface area (Å²) < 4.78 is 27.6. The molecule has 0 fully saturated rings. The second-order valence-electron chi connectivity index (χ2n) is 8.45. The molecule has 32 heavy (non-hydrogen) atoms. The fourth-order valence-corrected chi connectivity index (χ4v) is 4.13. The van der Waals surface area contributed by atoms with Crippen molar-refractivity contribution in [3.8, 4) is 0 Å². The number of carbonyl (C=O) groups excluding carboxylic acids is 2. The van der Waals surface area contributed by atoms with Gasteiger partial charge in [-0.2, -0.15) is 0 Å². The minimum absolute atomic E-state index is 0.0870. The molecule has 6 heteroatoms. The molecule has 1 N–H and O–H groups in total. The van der Waals surface area contributed by atoms with Gasteiger partial charge < -0.3 is 10.2 Å². The number of nitrogens with zero attached hydrogens (tertiary/aromatic N) is 1. The van der Waals surface area contributed by atoms with Crippen LogP contribution in [0.3, 0.4) is 0 Å². The summed E-state index contributed by atoms with van der Waals surface area (Å²) in [7, 11) is 0. The lowest BCUT2D eigenvalue weighted by Gasteiger charge is -2.44. The van der Waals surface area contributed by atoms with Crippen molar-refractivity contribution in [2.24, 2.45) is 0 Å². The van der Waals surface area contributed by atoms with Crippen LogP contribution < -0.4 is 5.32 Å². The van der Waals surface area contributed by atoms with Crippen molar-refractivity contribution in [1.29, 1.82) is 0 Å². The van der Waals surface area contributed by atoms with Gasteiger partial charge in [0.15, 0.2) is 0 Å². The highest BCUT2D eigenvalue weighted by Gasteiger charge is 2.46. The predicted octanol–water partition coefficient (Wildman–Crippen LogP) is 4.55. The molecule has 0 unspecified atom stereocenters. The van der Waals surface area contributed by atoms with E-state index in [1.54, 1.807) is 19.1 Å². The van der Waals surface area contributed by atoms with E-state index in [9.17, 15) is 18.4 Å². The van der Waals surface area contributed by atoms with Crippen molar-refractivity contribution in [3.63, 3.8) is 0 Å². The summed E-state index contributed by atoms with van der Waals surface area (Å²) in [6.45, 7) is 3.91. The topological polar surface area (TPSA) is 49.4 Å². The molecule has 1 heterocycles. The molecule has 0 bridgehead atoms. The van der Waals surface area contributed by atoms with Crippen molar-refractivity contribution >= 4 is 11.8 Å². The van der Waals surface area contributed by atoms with E-state index >= 15 is 0 Å². The molecule has 164 valence electrons. The van der Waals surface area contributed by atoms with Crippen LogP contribution in [0, 0.1) is 18.6 Å². The standard InChI is InChI=1S/C26H24F2N2O2/c1-17-7-9-18(10-8-17)15-29-25(32)26(2)14-20-5-3-4-6-23(20)24(31)30(26)16-19-11-21(27)13-22(28)12-19/h3-13H,14-16H2,1-2H3,(H,29,32)/t26-/m1/s1. The second kappa shape index (κ2) is 8.54. The molecule has 1 aliphatic rings. The molecule has 0 saturated heterocycles. The van der Waals surface area contributed by atoms with Crippen LogP contribution in [-0.2, 0) is 24.3 Å². The average Bonchev–Trinajstić information content (AvgIpc) is 2.75. The lowest BCUT2D eigenvalue weighted by molar-refractivity contribution is -0.132. The van der Waals surface area contributed by atoms with E-state index in [2.05, 4.69) is 5.32 Å². The van der Waals surface area contributed by atoms with Gasteiger partial charge in [-0.15, -0.1) is 0 Å². The largest absolute Gasteiger partial charge is 0.350 e. The Balaban J connectivity index is 1.66. The number of hydrogen-bond acceptors (Lipinski definition) is 2. The molecular weight excluding hydrogens is 410 g/mol. The number of nitrogens with one attached hydrogen (secondary N) is 1. The first-order valence-corrected chi connectivity index (χ1v) is 10.4. The first-order valence-electron chi connectivity index (χ1n) is 10.4. The summed E-state index contributed by atoms with van der Waals surface area (Å²) in [4.78, 5) is 28.2. The van der Waals surface area contributed by atoms with E-state index in [0.29, 0.717) is 18.5 Å². The normalized spacial score (nSPS) is 17.8. The Bertz CT molecular complexity index is 1160. The third kappa shape index (κ3) is 4.26. The number of aryl methyl sites for hydroxylation is 1. The Morgan fingerprint density at radius 1 is 1.00 bits per heavy atom. The van der Waals surface area contributed by atoms with Crippen LogP contribution in [-0.4, -0.2) is 22.3 Å². The molecule has 1 aliphatic heterocycles. The number of rotatable bonds is 5. The van der Waals surface area contributed by atoms with Gasteiger partial charge in [0.25, 0.3) is 5.91 Å². The van der Waals surface area contributed by atoms with Crippen LogP contribution in [0.1, 0.15) is 39.5 Å². The van der Waals surface area contributed by atoms with Gasteiger partial charge in [-0.1, -0.05) is 48.0 Å². The van der Waals surface area contributed by atoms with Crippen molar-refractivity contribution in [2.75, 3.05) is 0 Å². The van der Waals surface area contributed by atoms with Gasteiger partial charge >= 0.3 is 0 Å². The number of benzene rings is 3. The van der Waals surface area contributed by atoms with Crippen molar-refractivity contribution in [2.45, 2.75) is 38.9 Å². The summed E-state index contributed by atoms with van der Waals surface area (Å²) in [5.41, 5.74) is 2.39. The average molecular weight is 434 g/mol. The Morgan fingerprint density at radius 2 is 1.66 bits per heavy atom. The van der Waals surface area contributed by atoms with Crippen LogP contribution in [0.5, 0.6) is 0 Å². The fraction of sp³-hybridized carbons (Fsp3) is 0.231. The van der Waals surface area contributed by atoms with Crippen molar-refractivity contribution in [3.05, 3.63) is 106 Å². The maximum Gasteiger partial charge on any atom is 0.255 e. The van der Waals surface area contributed by atoms with Gasteiger partial charge in [-0.05, 0) is 48.7 Å². The maximum atomic E-state index is 13.8. The van der Waals surface area contributed by atoms with E-state index in [1.165, 1.54) is 17.0 Å². The summed E-state index contributed by atoms with van der Waals surface area (Å²) >= 11 is 0. The van der Waals surface area contributed by atoms with Crippen LogP contribution in [0.2, 0.25) is 0 Å². The third-order valence-electron chi connectivity index (χ3n) is 5.95. The van der Waals surface area contributed by atoms with Crippen molar-refractivity contribution < 1.29 is 18.4 Å². The van der Waals surface area contributed by atoms with E-state index in [4.69, 9.17) is 0 Å². The van der Waals surface area contributed by atoms with Gasteiger partial charge in [-0.3, -0.25) is 9.59 Å². The highest BCUT2D eigenvalue weighted by atomic mass is 19.1. The molecule has 0 saturated carbocycles. The summed E-state index contributed by atoms with van der Waals surface area (Å²) in [6.07, 6.45) is 0.298. The molecule has 3 aromatic rings. The number of halogens is 2. The smallest absolute Gasteiger partial charge is 0.255 e. The van der Waals surface area contributed by atoms with E-state index in [0.717, 1.165) is 22.8 Å². The van der Waals surface area contributed by atoms with Crippen LogP contribution >= 0.6 is 0 Å². The predicted molar refractivity (Wildman–Crippen MR) is 118 cm³/mol. The molecule has 0 spiro atoms. The van der Waals surface area contributed by atoms with Gasteiger partial charge in [0, 0.05) is 31.1 Å². The molecule has 4 rings (SSSR count). The molecule has 0 aromatic heterocycles. The van der Waals surface area contributed by atoms with E-state index in [-0.39, 0.29) is 23.9 Å². The summed E-state index contributed by atoms with van der Waals surface area (Å²) in [5.74, 6) is -2.12. The Kier molecular flexibility index (Phi) is 5.78. The van der Waals surface area contributed by atoms with E-state index < -0.39 is 17.2 Å². The minimum atomic E-state index is -1.22. The SMILES string of the molecule is Cc1ccc(CNC(=O)[C@@]2(C)Cc3ccccc3C(=O)N2Cc2cc(F)cc(F)c2)cc1. The molecule has 2 amide bonds. The molecule has 0 aliphatic carbocycles. The molecular formula is C26H24F2N2O2. The van der Waals surface area contributed by atoms with Crippen LogP contribution in [0.25, 0.3) is 0 Å². The van der Waals surface area contributed by atoms with Crippen LogP contribution in [0.15, 0.2) is 66.7 Å². The Morgan fingerprint density at radius 3 is 2.34 bits per heavy atom. The van der Waals surface area contributed by atoms with Gasteiger partial charge in [-0.25, -0.2) is 8.78 Å². The maximum absolute atomic E-state index is 13.8. The Hall–Kier alpha value is -3.54. The summed E-state index contributed by atoms with van der Waals surface area (Å²) in [5, 5.41) is 2.94. The van der Waals surface area contributed by atoms with Gasteiger partial charge in [0.1, 0.15) is 17.2 Å². The van der Waals surface area contributed by atoms with E-state index in [1.807, 2.05) is 43.3 Å². The lowest BCUT2D eigenvalue weighted by Crippen LogP contribution is -2.62. The summed E-state index contributed by atoms with van der Waals surface area (Å²) in [6, 6.07) is 18.1. The highest BCUT2D eigenvalue weighted by molar-refractivity contribution is 6.02. The monoisotopic (exact) mass is 434 g/mol. The number of carbonyl (C=O) groups is 2. The van der Waals surface area contributed by atoms with Gasteiger partial charge in [0.05, 0.1) is 0 Å². The first-order chi connectivity index (χ1) is 15.3. The quantitative estimate of drug-likeness (QED) is 0.641. The molecule has 0 radical (unpaired) electrons. The molecule has 3 aromatic carbocycles. The van der Waals surface area contributed by atoms with Crippen LogP contribution in [0.4, 0.5) is 8.78 Å². The van der Waals surface area contributed by atoms with Gasteiger partial charge in [0.2, 0.25) is 5.91 Å². The fourth-order valence-electron chi connectivity index (χ4n) is 4.13. The zero-order chi connectivity index (χ0) is 22.9. The number of fused-ring (bicyclic) bond motifs is 1. The third-order valence-corrected chi connectivity index (χ3v) is 5.95. The van der Waals surface area contributed by atoms with Crippen molar-refractivity contribution in [1.82, 2.24) is 10.2 Å². The molecule has 4 nitrogen and oxygen atoms in total. The zero-order valence-corrected chi connectivity index (χ0v) is 18.0.